The minimum atomic E-state index is -0.840. The number of aliphatic carboxylic acids is 1. The second-order valence-electron chi connectivity index (χ2n) is 5.05. The van der Waals surface area contributed by atoms with Crippen molar-refractivity contribution in [3.63, 3.8) is 0 Å². The minimum Gasteiger partial charge on any atom is -0.480 e. The number of unbranched alkanes of at least 4 members (excludes halogenated alkanes) is 1. The molecule has 0 aromatic heterocycles. The van der Waals surface area contributed by atoms with Gasteiger partial charge in [-0.3, -0.25) is 4.79 Å². The third-order valence-corrected chi connectivity index (χ3v) is 5.08. The fraction of sp³-hybridized carbons (Fsp3) is 0.533. The molecule has 1 unspecified atom stereocenters. The van der Waals surface area contributed by atoms with Gasteiger partial charge in [-0.1, -0.05) is 36.5 Å². The topological polar surface area (TPSA) is 49.3 Å². The summed E-state index contributed by atoms with van der Waals surface area (Å²) in [5.41, 5.74) is -0.840. The maximum absolute atomic E-state index is 11.3. The number of thioether (sulfide) groups is 1. The van der Waals surface area contributed by atoms with Crippen LogP contribution in [0.3, 0.4) is 0 Å². The molecule has 0 aliphatic rings. The Hall–Kier alpha value is -0.420. The minimum absolute atomic E-state index is 0.611. The first-order chi connectivity index (χ1) is 9.89. The summed E-state index contributed by atoms with van der Waals surface area (Å²) >= 11 is 13.7. The van der Waals surface area contributed by atoms with Gasteiger partial charge in [-0.05, 0) is 50.3 Å². The van der Waals surface area contributed by atoms with E-state index in [9.17, 15) is 9.90 Å². The zero-order valence-corrected chi connectivity index (χ0v) is 14.6. The Kier molecular flexibility index (Phi) is 7.88. The number of carbonyl (C=O) groups is 1. The molecule has 0 heterocycles. The number of benzene rings is 1. The van der Waals surface area contributed by atoms with Gasteiger partial charge < -0.3 is 10.4 Å². The maximum Gasteiger partial charge on any atom is 0.323 e. The molecule has 0 spiro atoms. The Balaban J connectivity index is 2.37. The summed E-state index contributed by atoms with van der Waals surface area (Å²) in [6.45, 7) is 4.30. The molecule has 3 nitrogen and oxygen atoms in total. The lowest BCUT2D eigenvalue weighted by atomic mass is 9.95. The van der Waals surface area contributed by atoms with Gasteiger partial charge in [0, 0.05) is 9.92 Å². The number of carboxylic acids is 1. The number of hydrogen-bond donors (Lipinski definition) is 2. The molecule has 0 aliphatic carbocycles. The van der Waals surface area contributed by atoms with Gasteiger partial charge >= 0.3 is 5.97 Å². The van der Waals surface area contributed by atoms with Gasteiger partial charge in [-0.25, -0.2) is 0 Å². The van der Waals surface area contributed by atoms with Crippen molar-refractivity contribution in [2.24, 2.45) is 0 Å². The van der Waals surface area contributed by atoms with Crippen molar-refractivity contribution >= 4 is 40.9 Å². The summed E-state index contributed by atoms with van der Waals surface area (Å²) in [5.74, 6) is 0.0944. The average Bonchev–Trinajstić information content (AvgIpc) is 2.42. The van der Waals surface area contributed by atoms with Crippen molar-refractivity contribution < 1.29 is 9.90 Å². The zero-order valence-electron chi connectivity index (χ0n) is 12.3. The van der Waals surface area contributed by atoms with E-state index < -0.39 is 11.5 Å². The fourth-order valence-corrected chi connectivity index (χ4v) is 3.51. The van der Waals surface area contributed by atoms with E-state index in [1.165, 1.54) is 0 Å². The van der Waals surface area contributed by atoms with E-state index >= 15 is 0 Å². The average molecular weight is 350 g/mol. The molecule has 118 valence electrons. The summed E-state index contributed by atoms with van der Waals surface area (Å²) in [6.07, 6.45) is 2.39. The first kappa shape index (κ1) is 18.6. The van der Waals surface area contributed by atoms with Crippen LogP contribution in [0.5, 0.6) is 0 Å². The summed E-state index contributed by atoms with van der Waals surface area (Å²) in [6, 6.07) is 5.41. The van der Waals surface area contributed by atoms with Crippen LogP contribution in [-0.2, 0) is 4.79 Å². The molecule has 0 fully saturated rings. The molecule has 1 aromatic rings. The van der Waals surface area contributed by atoms with Crippen molar-refractivity contribution in [3.8, 4) is 0 Å². The number of carboxylic acid groups (broad SMARTS) is 1. The van der Waals surface area contributed by atoms with Crippen LogP contribution in [0.1, 0.15) is 33.1 Å². The predicted octanol–water partition coefficient (Wildman–Crippen LogP) is 4.71. The van der Waals surface area contributed by atoms with Crippen LogP contribution in [-0.4, -0.2) is 28.9 Å². The normalized spacial score (nSPS) is 13.9. The molecule has 2 N–H and O–H groups in total. The zero-order chi connectivity index (χ0) is 15.9. The van der Waals surface area contributed by atoms with E-state index in [2.05, 4.69) is 5.32 Å². The third-order valence-electron chi connectivity index (χ3n) is 3.26. The van der Waals surface area contributed by atoms with Crippen LogP contribution in [0.4, 0.5) is 0 Å². The van der Waals surface area contributed by atoms with Crippen LogP contribution in [0.25, 0.3) is 0 Å². The lowest BCUT2D eigenvalue weighted by molar-refractivity contribution is -0.144. The number of rotatable bonds is 9. The lowest BCUT2D eigenvalue weighted by Crippen LogP contribution is -2.49. The van der Waals surface area contributed by atoms with Gasteiger partial charge in [0.05, 0.1) is 5.02 Å². The highest BCUT2D eigenvalue weighted by Crippen LogP contribution is 2.30. The largest absolute Gasteiger partial charge is 0.480 e. The Bertz CT molecular complexity index is 485. The molecule has 21 heavy (non-hydrogen) atoms. The van der Waals surface area contributed by atoms with Crippen LogP contribution in [0.2, 0.25) is 10.0 Å². The van der Waals surface area contributed by atoms with E-state index in [-0.39, 0.29) is 0 Å². The summed E-state index contributed by atoms with van der Waals surface area (Å²) in [4.78, 5) is 12.2. The highest BCUT2D eigenvalue weighted by atomic mass is 35.5. The van der Waals surface area contributed by atoms with Gasteiger partial charge in [-0.15, -0.1) is 11.8 Å². The highest BCUT2D eigenvalue weighted by molar-refractivity contribution is 7.99. The molecule has 0 aliphatic heterocycles. The SMILES string of the molecule is CCNC(C)(CCCCSc1cc(Cl)ccc1Cl)C(=O)O. The molecule has 1 aromatic carbocycles. The second-order valence-corrected chi connectivity index (χ2v) is 7.03. The Morgan fingerprint density at radius 2 is 2.10 bits per heavy atom. The maximum atomic E-state index is 11.3. The van der Waals surface area contributed by atoms with E-state index in [0.717, 1.165) is 23.5 Å². The number of likely N-dealkylation sites (N-methyl/N-ethyl adjacent to an activating group) is 1. The molecule has 0 radical (unpaired) electrons. The lowest BCUT2D eigenvalue weighted by Gasteiger charge is -2.25. The van der Waals surface area contributed by atoms with Gasteiger partial charge in [0.15, 0.2) is 0 Å². The first-order valence-corrected chi connectivity index (χ1v) is 8.69. The predicted molar refractivity (Wildman–Crippen MR) is 90.8 cm³/mol. The number of nitrogens with one attached hydrogen (secondary N) is 1. The highest BCUT2D eigenvalue weighted by Gasteiger charge is 2.30. The van der Waals surface area contributed by atoms with E-state index in [1.54, 1.807) is 30.8 Å². The molecular formula is C15H21Cl2NO2S. The van der Waals surface area contributed by atoms with Crippen molar-refractivity contribution in [1.82, 2.24) is 5.32 Å². The fourth-order valence-electron chi connectivity index (χ4n) is 2.01. The van der Waals surface area contributed by atoms with E-state index in [4.69, 9.17) is 23.2 Å². The van der Waals surface area contributed by atoms with E-state index in [0.29, 0.717) is 23.0 Å². The monoisotopic (exact) mass is 349 g/mol. The van der Waals surface area contributed by atoms with Gasteiger partial charge in [0.25, 0.3) is 0 Å². The molecule has 0 amide bonds. The van der Waals surface area contributed by atoms with Crippen molar-refractivity contribution in [1.29, 1.82) is 0 Å². The third kappa shape index (κ3) is 6.07. The molecule has 6 heteroatoms. The molecule has 1 atom stereocenters. The number of halogens is 2. The van der Waals surface area contributed by atoms with Crippen LogP contribution in [0.15, 0.2) is 23.1 Å². The summed E-state index contributed by atoms with van der Waals surface area (Å²) in [7, 11) is 0. The van der Waals surface area contributed by atoms with Crippen molar-refractivity contribution in [3.05, 3.63) is 28.2 Å². The Morgan fingerprint density at radius 3 is 2.71 bits per heavy atom. The van der Waals surface area contributed by atoms with Crippen molar-refractivity contribution in [2.45, 2.75) is 43.5 Å². The van der Waals surface area contributed by atoms with Crippen LogP contribution in [0, 0.1) is 0 Å². The van der Waals surface area contributed by atoms with Crippen LogP contribution < -0.4 is 5.32 Å². The van der Waals surface area contributed by atoms with Gasteiger partial charge in [-0.2, -0.15) is 0 Å². The van der Waals surface area contributed by atoms with E-state index in [1.807, 2.05) is 13.0 Å². The smallest absolute Gasteiger partial charge is 0.323 e. The molecule has 0 saturated heterocycles. The Labute approximate surface area is 140 Å². The van der Waals surface area contributed by atoms with Crippen molar-refractivity contribution in [2.75, 3.05) is 12.3 Å². The summed E-state index contributed by atoms with van der Waals surface area (Å²) < 4.78 is 0. The van der Waals surface area contributed by atoms with Gasteiger partial charge in [0.2, 0.25) is 0 Å². The number of hydrogen-bond acceptors (Lipinski definition) is 3. The Morgan fingerprint density at radius 1 is 1.38 bits per heavy atom. The quantitative estimate of drug-likeness (QED) is 0.500. The molecular weight excluding hydrogens is 329 g/mol. The molecule has 1 rings (SSSR count). The first-order valence-electron chi connectivity index (χ1n) is 6.95. The van der Waals surface area contributed by atoms with Gasteiger partial charge in [0.1, 0.15) is 5.54 Å². The molecule has 0 saturated carbocycles. The van der Waals surface area contributed by atoms with Crippen LogP contribution >= 0.6 is 35.0 Å². The second kappa shape index (κ2) is 8.89. The standard InChI is InChI=1S/C15H21Cl2NO2S/c1-3-18-15(2,14(19)20)8-4-5-9-21-13-10-11(16)6-7-12(13)17/h6-7,10,18H,3-5,8-9H2,1-2H3,(H,19,20). The molecule has 0 bridgehead atoms. The summed E-state index contributed by atoms with van der Waals surface area (Å²) in [5, 5.41) is 13.7.